The van der Waals surface area contributed by atoms with Gasteiger partial charge in [-0.25, -0.2) is 13.1 Å². The Morgan fingerprint density at radius 2 is 2.00 bits per heavy atom. The minimum Gasteiger partial charge on any atom is -0.384 e. The third kappa shape index (κ3) is 4.67. The van der Waals surface area contributed by atoms with E-state index < -0.39 is 10.0 Å². The van der Waals surface area contributed by atoms with Crippen molar-refractivity contribution in [3.05, 3.63) is 29.8 Å². The van der Waals surface area contributed by atoms with Crippen molar-refractivity contribution in [3.8, 4) is 11.8 Å². The molecular formula is C14H19NO3S. The summed E-state index contributed by atoms with van der Waals surface area (Å²) in [6.07, 6.45) is 1.50. The fourth-order valence-electron chi connectivity index (χ4n) is 1.63. The molecule has 0 heterocycles. The Hall–Kier alpha value is -1.35. The third-order valence-corrected chi connectivity index (χ3v) is 4.28. The van der Waals surface area contributed by atoms with Crippen LogP contribution in [0.5, 0.6) is 0 Å². The van der Waals surface area contributed by atoms with Gasteiger partial charge in [0.2, 0.25) is 10.0 Å². The van der Waals surface area contributed by atoms with E-state index in [2.05, 4.69) is 16.6 Å². The maximum Gasteiger partial charge on any atom is 0.240 e. The summed E-state index contributed by atoms with van der Waals surface area (Å²) in [5, 5.41) is 8.64. The van der Waals surface area contributed by atoms with Crippen LogP contribution in [-0.4, -0.2) is 26.2 Å². The van der Waals surface area contributed by atoms with E-state index in [0.717, 1.165) is 12.8 Å². The van der Waals surface area contributed by atoms with Gasteiger partial charge in [-0.05, 0) is 31.0 Å². The van der Waals surface area contributed by atoms with Crippen LogP contribution in [0, 0.1) is 11.8 Å². The molecule has 0 radical (unpaired) electrons. The molecule has 104 valence electrons. The fourth-order valence-corrected chi connectivity index (χ4v) is 3.07. The highest BCUT2D eigenvalue weighted by Crippen LogP contribution is 2.12. The normalized spacial score (nSPS) is 11.2. The number of nitrogens with one attached hydrogen (secondary N) is 1. The number of hydrogen-bond donors (Lipinski definition) is 2. The summed E-state index contributed by atoms with van der Waals surface area (Å²) in [5.41, 5.74) is 0.571. The fraction of sp³-hybridized carbons (Fsp3) is 0.429. The number of aliphatic hydroxyl groups excluding tert-OH is 1. The number of aliphatic hydroxyl groups is 1. The van der Waals surface area contributed by atoms with E-state index in [-0.39, 0.29) is 17.5 Å². The van der Waals surface area contributed by atoms with Crippen molar-refractivity contribution >= 4 is 10.0 Å². The molecule has 0 amide bonds. The van der Waals surface area contributed by atoms with Gasteiger partial charge in [-0.3, -0.25) is 0 Å². The molecule has 0 spiro atoms. The van der Waals surface area contributed by atoms with Crippen LogP contribution >= 0.6 is 0 Å². The molecule has 0 aliphatic carbocycles. The topological polar surface area (TPSA) is 66.4 Å². The first-order valence-corrected chi connectivity index (χ1v) is 7.74. The average Bonchev–Trinajstić information content (AvgIpc) is 2.43. The zero-order chi connectivity index (χ0) is 14.3. The molecule has 1 rings (SSSR count). The van der Waals surface area contributed by atoms with Crippen molar-refractivity contribution in [2.75, 3.05) is 6.61 Å². The number of hydrogen-bond acceptors (Lipinski definition) is 3. The number of benzene rings is 1. The van der Waals surface area contributed by atoms with Crippen LogP contribution in [-0.2, 0) is 10.0 Å². The number of rotatable bonds is 5. The molecule has 4 nitrogen and oxygen atoms in total. The van der Waals surface area contributed by atoms with Crippen molar-refractivity contribution in [2.24, 2.45) is 0 Å². The van der Waals surface area contributed by atoms with Gasteiger partial charge in [0.1, 0.15) is 6.61 Å². The molecule has 5 heteroatoms. The van der Waals surface area contributed by atoms with E-state index in [1.54, 1.807) is 12.1 Å². The van der Waals surface area contributed by atoms with E-state index in [9.17, 15) is 8.42 Å². The standard InChI is InChI=1S/C14H19NO3S/c1-3-13(4-2)15-19(17,18)14-9-5-7-12(11-14)8-6-10-16/h5,7,9,11,13,15-16H,3-4,10H2,1-2H3. The van der Waals surface area contributed by atoms with Crippen LogP contribution in [0.15, 0.2) is 29.2 Å². The molecule has 0 aliphatic rings. The van der Waals surface area contributed by atoms with Gasteiger partial charge < -0.3 is 5.11 Å². The van der Waals surface area contributed by atoms with Gasteiger partial charge >= 0.3 is 0 Å². The average molecular weight is 281 g/mol. The molecule has 0 aliphatic heterocycles. The first-order valence-electron chi connectivity index (χ1n) is 6.25. The van der Waals surface area contributed by atoms with Crippen molar-refractivity contribution < 1.29 is 13.5 Å². The van der Waals surface area contributed by atoms with Crippen LogP contribution < -0.4 is 4.72 Å². The largest absolute Gasteiger partial charge is 0.384 e. The van der Waals surface area contributed by atoms with Gasteiger partial charge in [0, 0.05) is 11.6 Å². The van der Waals surface area contributed by atoms with Crippen LogP contribution in [0.25, 0.3) is 0 Å². The maximum atomic E-state index is 12.2. The van der Waals surface area contributed by atoms with Crippen LogP contribution in [0.1, 0.15) is 32.3 Å². The molecule has 19 heavy (non-hydrogen) atoms. The van der Waals surface area contributed by atoms with Gasteiger partial charge in [0.05, 0.1) is 4.90 Å². The quantitative estimate of drug-likeness (QED) is 0.804. The summed E-state index contributed by atoms with van der Waals surface area (Å²) in [6.45, 7) is 3.64. The van der Waals surface area contributed by atoms with Crippen molar-refractivity contribution in [1.29, 1.82) is 0 Å². The predicted molar refractivity (Wildman–Crippen MR) is 75.1 cm³/mol. The van der Waals surface area contributed by atoms with E-state index >= 15 is 0 Å². The predicted octanol–water partition coefficient (Wildman–Crippen LogP) is 1.50. The van der Waals surface area contributed by atoms with Gasteiger partial charge in [-0.2, -0.15) is 0 Å². The lowest BCUT2D eigenvalue weighted by Gasteiger charge is -2.15. The zero-order valence-electron chi connectivity index (χ0n) is 11.2. The second-order valence-electron chi connectivity index (χ2n) is 4.12. The van der Waals surface area contributed by atoms with Crippen molar-refractivity contribution in [1.82, 2.24) is 4.72 Å². The SMILES string of the molecule is CCC(CC)NS(=O)(=O)c1cccc(C#CCO)c1. The summed E-state index contributed by atoms with van der Waals surface area (Å²) in [4.78, 5) is 0.198. The summed E-state index contributed by atoms with van der Waals surface area (Å²) in [7, 11) is -3.51. The Bertz CT molecular complexity index is 566. The lowest BCUT2D eigenvalue weighted by molar-refractivity contribution is 0.350. The second kappa shape index (κ2) is 7.29. The van der Waals surface area contributed by atoms with E-state index in [4.69, 9.17) is 5.11 Å². The first kappa shape index (κ1) is 15.7. The summed E-state index contributed by atoms with van der Waals surface area (Å²) < 4.78 is 27.0. The van der Waals surface area contributed by atoms with Crippen LogP contribution in [0.2, 0.25) is 0 Å². The van der Waals surface area contributed by atoms with Gasteiger partial charge in [-0.1, -0.05) is 31.8 Å². The molecule has 0 saturated carbocycles. The third-order valence-electron chi connectivity index (χ3n) is 2.76. The first-order chi connectivity index (χ1) is 9.03. The van der Waals surface area contributed by atoms with Crippen LogP contribution in [0.3, 0.4) is 0 Å². The summed E-state index contributed by atoms with van der Waals surface area (Å²) >= 11 is 0. The Labute approximate surface area is 114 Å². The minimum absolute atomic E-state index is 0.0582. The highest BCUT2D eigenvalue weighted by atomic mass is 32.2. The molecule has 1 aromatic carbocycles. The molecule has 0 fully saturated rings. The molecule has 0 unspecified atom stereocenters. The minimum atomic E-state index is -3.51. The Kier molecular flexibility index (Phi) is 6.03. The summed E-state index contributed by atoms with van der Waals surface area (Å²) in [6, 6.07) is 6.33. The molecule has 0 aromatic heterocycles. The Morgan fingerprint density at radius 1 is 1.32 bits per heavy atom. The monoisotopic (exact) mass is 281 g/mol. The highest BCUT2D eigenvalue weighted by Gasteiger charge is 2.17. The van der Waals surface area contributed by atoms with Crippen molar-refractivity contribution in [2.45, 2.75) is 37.6 Å². The molecule has 0 atom stereocenters. The maximum absolute atomic E-state index is 12.2. The summed E-state index contributed by atoms with van der Waals surface area (Å²) in [5.74, 6) is 5.19. The highest BCUT2D eigenvalue weighted by molar-refractivity contribution is 7.89. The van der Waals surface area contributed by atoms with Gasteiger partial charge in [0.25, 0.3) is 0 Å². The Balaban J connectivity index is 3.01. The molecule has 0 bridgehead atoms. The van der Waals surface area contributed by atoms with Crippen molar-refractivity contribution in [3.63, 3.8) is 0 Å². The van der Waals surface area contributed by atoms with Gasteiger partial charge in [0.15, 0.2) is 0 Å². The lowest BCUT2D eigenvalue weighted by atomic mass is 10.2. The molecule has 0 saturated heterocycles. The van der Waals surface area contributed by atoms with Gasteiger partial charge in [-0.15, -0.1) is 0 Å². The molecule has 1 aromatic rings. The number of sulfonamides is 1. The van der Waals surface area contributed by atoms with E-state index in [1.807, 2.05) is 13.8 Å². The Morgan fingerprint density at radius 3 is 2.58 bits per heavy atom. The molecule has 2 N–H and O–H groups in total. The lowest BCUT2D eigenvalue weighted by Crippen LogP contribution is -2.33. The van der Waals surface area contributed by atoms with E-state index in [0.29, 0.717) is 5.56 Å². The second-order valence-corrected chi connectivity index (χ2v) is 5.84. The smallest absolute Gasteiger partial charge is 0.240 e. The van der Waals surface area contributed by atoms with E-state index in [1.165, 1.54) is 12.1 Å². The zero-order valence-corrected chi connectivity index (χ0v) is 12.0. The van der Waals surface area contributed by atoms with Crippen LogP contribution in [0.4, 0.5) is 0 Å². The molecular weight excluding hydrogens is 262 g/mol.